The molecule has 0 radical (unpaired) electrons. The fraction of sp³-hybridized carbons (Fsp3) is 0.368. The van der Waals surface area contributed by atoms with Crippen LogP contribution in [-0.2, 0) is 15.1 Å². The van der Waals surface area contributed by atoms with Crippen LogP contribution in [0.3, 0.4) is 0 Å². The van der Waals surface area contributed by atoms with Crippen molar-refractivity contribution in [2.45, 2.75) is 19.4 Å². The average Bonchev–Trinajstić information content (AvgIpc) is 2.61. The lowest BCUT2D eigenvalue weighted by atomic mass is 9.86. The molecule has 0 saturated carbocycles. The van der Waals surface area contributed by atoms with E-state index in [2.05, 4.69) is 6.58 Å². The van der Waals surface area contributed by atoms with E-state index in [-0.39, 0.29) is 0 Å². The summed E-state index contributed by atoms with van der Waals surface area (Å²) in [4.78, 5) is 0. The van der Waals surface area contributed by atoms with Crippen molar-refractivity contribution in [3.63, 3.8) is 0 Å². The van der Waals surface area contributed by atoms with Crippen LogP contribution in [0.15, 0.2) is 54.0 Å². The molecule has 1 N–H and O–H groups in total. The lowest BCUT2D eigenvalue weighted by Crippen LogP contribution is -2.26. The summed E-state index contributed by atoms with van der Waals surface area (Å²) in [5.41, 5.74) is -0.477. The molecule has 0 bridgehead atoms. The molecule has 0 aliphatic rings. The van der Waals surface area contributed by atoms with Gasteiger partial charge in [-0.25, -0.2) is 0 Å². The molecule has 1 rings (SSSR count). The van der Waals surface area contributed by atoms with E-state index >= 15 is 0 Å². The molecular formula is C19H26O5. The SMILES string of the molecule is C=C(/C(=C\C(=C/C)OC)OC)C(C)(O)c1ccc(OC)cc1OC. The van der Waals surface area contributed by atoms with Gasteiger partial charge in [-0.1, -0.05) is 6.58 Å². The normalized spacial score (nSPS) is 14.6. The van der Waals surface area contributed by atoms with Crippen molar-refractivity contribution in [1.29, 1.82) is 0 Å². The number of ether oxygens (including phenoxy) is 4. The third-order valence-corrected chi connectivity index (χ3v) is 3.83. The highest BCUT2D eigenvalue weighted by Gasteiger charge is 2.33. The number of benzene rings is 1. The second kappa shape index (κ2) is 8.45. The van der Waals surface area contributed by atoms with Crippen LogP contribution in [0.1, 0.15) is 19.4 Å². The van der Waals surface area contributed by atoms with Gasteiger partial charge >= 0.3 is 0 Å². The summed E-state index contributed by atoms with van der Waals surface area (Å²) < 4.78 is 21.2. The standard InChI is InChI=1S/C19H26O5/c1-8-14(21-4)11-17(23-6)13(2)19(3,20)16-10-9-15(22-5)12-18(16)24-7/h8-12,20H,2H2,1,3-7H3/b14-8+,17-11+. The first-order chi connectivity index (χ1) is 11.3. The van der Waals surface area contributed by atoms with Gasteiger partial charge in [0.2, 0.25) is 0 Å². The van der Waals surface area contributed by atoms with Gasteiger partial charge < -0.3 is 24.1 Å². The zero-order valence-electron chi connectivity index (χ0n) is 15.2. The molecule has 0 spiro atoms. The summed E-state index contributed by atoms with van der Waals surface area (Å²) in [6.07, 6.45) is 3.46. The van der Waals surface area contributed by atoms with Crippen LogP contribution in [0.5, 0.6) is 11.5 Å². The van der Waals surface area contributed by atoms with Crippen LogP contribution in [0.4, 0.5) is 0 Å². The van der Waals surface area contributed by atoms with Crippen molar-refractivity contribution in [3.05, 3.63) is 59.6 Å². The molecule has 0 aliphatic carbocycles. The molecule has 1 atom stereocenters. The molecular weight excluding hydrogens is 308 g/mol. The summed E-state index contributed by atoms with van der Waals surface area (Å²) in [5.74, 6) is 2.14. The minimum absolute atomic E-state index is 0.380. The Morgan fingerprint density at radius 2 is 1.79 bits per heavy atom. The largest absolute Gasteiger partial charge is 0.497 e. The van der Waals surface area contributed by atoms with Crippen LogP contribution in [0, 0.1) is 0 Å². The van der Waals surface area contributed by atoms with E-state index < -0.39 is 5.60 Å². The molecule has 1 unspecified atom stereocenters. The maximum Gasteiger partial charge on any atom is 0.128 e. The summed E-state index contributed by atoms with van der Waals surface area (Å²) in [6.45, 7) is 7.48. The molecule has 24 heavy (non-hydrogen) atoms. The predicted molar refractivity (Wildman–Crippen MR) is 94.1 cm³/mol. The zero-order valence-corrected chi connectivity index (χ0v) is 15.2. The quantitative estimate of drug-likeness (QED) is 0.582. The van der Waals surface area contributed by atoms with Gasteiger partial charge in [0.05, 0.1) is 28.4 Å². The Hall–Kier alpha value is -2.40. The first-order valence-electron chi connectivity index (χ1n) is 7.46. The summed E-state index contributed by atoms with van der Waals surface area (Å²) >= 11 is 0. The Morgan fingerprint density at radius 3 is 2.25 bits per heavy atom. The third kappa shape index (κ3) is 4.11. The van der Waals surface area contributed by atoms with Crippen LogP contribution in [0.25, 0.3) is 0 Å². The number of allylic oxidation sites excluding steroid dienone is 2. The molecule has 5 heteroatoms. The van der Waals surface area contributed by atoms with Crippen molar-refractivity contribution >= 4 is 0 Å². The van der Waals surface area contributed by atoms with Gasteiger partial charge in [0.25, 0.3) is 0 Å². The van der Waals surface area contributed by atoms with Crippen molar-refractivity contribution < 1.29 is 24.1 Å². The van der Waals surface area contributed by atoms with Crippen molar-refractivity contribution in [2.75, 3.05) is 28.4 Å². The molecule has 0 amide bonds. The van der Waals surface area contributed by atoms with E-state index in [1.54, 1.807) is 51.5 Å². The molecule has 1 aromatic rings. The monoisotopic (exact) mass is 334 g/mol. The highest BCUT2D eigenvalue weighted by molar-refractivity contribution is 5.50. The second-order valence-corrected chi connectivity index (χ2v) is 5.22. The number of aliphatic hydroxyl groups is 1. The minimum atomic E-state index is -1.41. The Balaban J connectivity index is 3.34. The molecule has 0 heterocycles. The number of rotatable bonds is 8. The molecule has 1 aromatic carbocycles. The van der Waals surface area contributed by atoms with Gasteiger partial charge in [0.1, 0.15) is 28.6 Å². The fourth-order valence-electron chi connectivity index (χ4n) is 2.26. The zero-order chi connectivity index (χ0) is 18.3. The topological polar surface area (TPSA) is 57.2 Å². The van der Waals surface area contributed by atoms with E-state index in [0.717, 1.165) is 0 Å². The van der Waals surface area contributed by atoms with Crippen molar-refractivity contribution in [2.24, 2.45) is 0 Å². The highest BCUT2D eigenvalue weighted by Crippen LogP contribution is 2.39. The Labute approximate surface area is 143 Å². The van der Waals surface area contributed by atoms with Crippen molar-refractivity contribution in [1.82, 2.24) is 0 Å². The third-order valence-electron chi connectivity index (χ3n) is 3.83. The molecule has 132 valence electrons. The minimum Gasteiger partial charge on any atom is -0.497 e. The molecule has 0 fully saturated rings. The first-order valence-corrected chi connectivity index (χ1v) is 7.46. The first kappa shape index (κ1) is 19.6. The van der Waals surface area contributed by atoms with E-state index in [1.807, 2.05) is 6.92 Å². The summed E-state index contributed by atoms with van der Waals surface area (Å²) in [5, 5.41) is 11.1. The number of hydrogen-bond acceptors (Lipinski definition) is 5. The lowest BCUT2D eigenvalue weighted by Gasteiger charge is -2.29. The fourth-order valence-corrected chi connectivity index (χ4v) is 2.26. The Morgan fingerprint density at radius 1 is 1.12 bits per heavy atom. The van der Waals surface area contributed by atoms with Gasteiger partial charge in [0.15, 0.2) is 0 Å². The maximum atomic E-state index is 11.1. The predicted octanol–water partition coefficient (Wildman–Crippen LogP) is 3.55. The summed E-state index contributed by atoms with van der Waals surface area (Å²) in [7, 11) is 6.18. The maximum absolute atomic E-state index is 11.1. The summed E-state index contributed by atoms with van der Waals surface area (Å²) in [6, 6.07) is 5.20. The van der Waals surface area contributed by atoms with Gasteiger partial charge in [-0.05, 0) is 32.1 Å². The van der Waals surface area contributed by atoms with E-state index in [1.165, 1.54) is 14.2 Å². The number of methoxy groups -OCH3 is 4. The van der Waals surface area contributed by atoms with E-state index in [4.69, 9.17) is 18.9 Å². The number of hydrogen-bond donors (Lipinski definition) is 1. The van der Waals surface area contributed by atoms with Crippen LogP contribution >= 0.6 is 0 Å². The van der Waals surface area contributed by atoms with Gasteiger partial charge in [-0.3, -0.25) is 0 Å². The highest BCUT2D eigenvalue weighted by atomic mass is 16.5. The smallest absolute Gasteiger partial charge is 0.128 e. The Bertz CT molecular complexity index is 641. The van der Waals surface area contributed by atoms with Crippen molar-refractivity contribution in [3.8, 4) is 11.5 Å². The van der Waals surface area contributed by atoms with Gasteiger partial charge in [-0.2, -0.15) is 0 Å². The van der Waals surface area contributed by atoms with Crippen LogP contribution in [0.2, 0.25) is 0 Å². The van der Waals surface area contributed by atoms with E-state index in [9.17, 15) is 5.11 Å². The van der Waals surface area contributed by atoms with Gasteiger partial charge in [-0.15, -0.1) is 0 Å². The van der Waals surface area contributed by atoms with E-state index in [0.29, 0.717) is 34.2 Å². The molecule has 0 aliphatic heterocycles. The van der Waals surface area contributed by atoms with Crippen LogP contribution < -0.4 is 9.47 Å². The second-order valence-electron chi connectivity index (χ2n) is 5.22. The van der Waals surface area contributed by atoms with Crippen LogP contribution in [-0.4, -0.2) is 33.5 Å². The van der Waals surface area contributed by atoms with Gasteiger partial charge in [0, 0.05) is 23.3 Å². The average molecular weight is 334 g/mol. The molecule has 0 saturated heterocycles. The Kier molecular flexibility index (Phi) is 6.92. The molecule has 0 aromatic heterocycles. The lowest BCUT2D eigenvalue weighted by molar-refractivity contribution is 0.0874. The molecule has 5 nitrogen and oxygen atoms in total.